The first-order valence-electron chi connectivity index (χ1n) is 8.72. The van der Waals surface area contributed by atoms with Gasteiger partial charge in [0.15, 0.2) is 17.4 Å². The van der Waals surface area contributed by atoms with Crippen molar-refractivity contribution in [1.29, 1.82) is 0 Å². The molecule has 8 nitrogen and oxygen atoms in total. The number of nitro benzene ring substituents is 1. The zero-order chi connectivity index (χ0) is 24.2. The Morgan fingerprint density at radius 1 is 1.12 bits per heavy atom. The van der Waals surface area contributed by atoms with Crippen molar-refractivity contribution < 1.29 is 41.9 Å². The number of hydrogen-bond donors (Lipinski definition) is 0. The lowest BCUT2D eigenvalue weighted by Gasteiger charge is -2.13. The third-order valence-corrected chi connectivity index (χ3v) is 4.45. The Morgan fingerprint density at radius 3 is 2.34 bits per heavy atom. The molecule has 0 fully saturated rings. The van der Waals surface area contributed by atoms with Gasteiger partial charge >= 0.3 is 11.9 Å². The predicted molar refractivity (Wildman–Crippen MR) is 106 cm³/mol. The van der Waals surface area contributed by atoms with Gasteiger partial charge in [-0.25, -0.2) is 13.6 Å². The van der Waals surface area contributed by atoms with Crippen molar-refractivity contribution in [2.24, 2.45) is 0 Å². The quantitative estimate of drug-likeness (QED) is 0.125. The number of alkyl halides is 1. The fraction of sp³-hybridized carbons (Fsp3) is 0.263. The Labute approximate surface area is 188 Å². The molecule has 0 heterocycles. The van der Waals surface area contributed by atoms with Gasteiger partial charge in [0, 0.05) is 17.7 Å². The summed E-state index contributed by atoms with van der Waals surface area (Å²) in [5.41, 5.74) is -1.98. The van der Waals surface area contributed by atoms with Gasteiger partial charge in [-0.15, -0.1) is 11.6 Å². The monoisotopic (exact) mass is 495 g/mol. The van der Waals surface area contributed by atoms with Crippen LogP contribution in [0.15, 0.2) is 18.2 Å². The lowest BCUT2D eigenvalue weighted by molar-refractivity contribution is -0.385. The van der Waals surface area contributed by atoms with Crippen molar-refractivity contribution in [2.45, 2.75) is 19.2 Å². The van der Waals surface area contributed by atoms with Crippen molar-refractivity contribution in [2.75, 3.05) is 13.2 Å². The van der Waals surface area contributed by atoms with Gasteiger partial charge in [-0.1, -0.05) is 11.6 Å². The van der Waals surface area contributed by atoms with Gasteiger partial charge in [0.1, 0.15) is 34.9 Å². The van der Waals surface area contributed by atoms with Crippen molar-refractivity contribution in [1.82, 2.24) is 0 Å². The van der Waals surface area contributed by atoms with Crippen LogP contribution < -0.4 is 4.74 Å². The number of rotatable bonds is 8. The molecule has 172 valence electrons. The molecule has 0 amide bonds. The average molecular weight is 496 g/mol. The van der Waals surface area contributed by atoms with Crippen LogP contribution >= 0.6 is 23.2 Å². The molecule has 0 N–H and O–H groups in total. The van der Waals surface area contributed by atoms with E-state index in [1.165, 1.54) is 6.92 Å². The summed E-state index contributed by atoms with van der Waals surface area (Å²) in [5.74, 6) is -7.76. The number of esters is 2. The maximum atomic E-state index is 14.2. The second kappa shape index (κ2) is 10.5. The maximum Gasteiger partial charge on any atom is 0.345 e. The molecular weight excluding hydrogens is 482 g/mol. The molecule has 2 aromatic rings. The van der Waals surface area contributed by atoms with Crippen molar-refractivity contribution in [3.8, 4) is 11.5 Å². The molecule has 1 atom stereocenters. The van der Waals surface area contributed by atoms with E-state index in [-0.39, 0.29) is 6.61 Å². The molecule has 1 unspecified atom stereocenters. The van der Waals surface area contributed by atoms with E-state index >= 15 is 0 Å². The molecule has 32 heavy (non-hydrogen) atoms. The number of hydrogen-bond acceptors (Lipinski definition) is 7. The Hall–Kier alpha value is -3.05. The highest BCUT2D eigenvalue weighted by Crippen LogP contribution is 2.38. The van der Waals surface area contributed by atoms with E-state index < -0.39 is 79.6 Å². The third kappa shape index (κ3) is 5.60. The second-order valence-electron chi connectivity index (χ2n) is 6.17. The molecule has 0 aliphatic rings. The molecular formula is C19H14Cl2F3NO7. The molecule has 0 radical (unpaired) electrons. The summed E-state index contributed by atoms with van der Waals surface area (Å²) in [5, 5.41) is 9.43. The second-order valence-corrected chi connectivity index (χ2v) is 7.20. The van der Waals surface area contributed by atoms with Crippen LogP contribution in [0.4, 0.5) is 18.9 Å². The Morgan fingerprint density at radius 2 is 1.75 bits per heavy atom. The summed E-state index contributed by atoms with van der Waals surface area (Å²) in [6.07, 6.45) is 0. The smallest absolute Gasteiger partial charge is 0.345 e. The molecule has 0 aliphatic heterocycles. The minimum atomic E-state index is -1.59. The summed E-state index contributed by atoms with van der Waals surface area (Å²) < 4.78 is 56.6. The highest BCUT2D eigenvalue weighted by Gasteiger charge is 2.26. The first-order valence-corrected chi connectivity index (χ1v) is 9.53. The van der Waals surface area contributed by atoms with Crippen LogP contribution in [0.3, 0.4) is 0 Å². The average Bonchev–Trinajstić information content (AvgIpc) is 2.76. The molecule has 13 heteroatoms. The van der Waals surface area contributed by atoms with Gasteiger partial charge < -0.3 is 14.2 Å². The highest BCUT2D eigenvalue weighted by molar-refractivity contribution is 6.32. The Bertz CT molecular complexity index is 1050. The molecule has 2 rings (SSSR count). The van der Waals surface area contributed by atoms with Crippen LogP contribution in [-0.4, -0.2) is 35.5 Å². The largest absolute Gasteiger partial charge is 0.461 e. The lowest BCUT2D eigenvalue weighted by atomic mass is 10.1. The van der Waals surface area contributed by atoms with Crippen LogP contribution in [0.1, 0.15) is 22.8 Å². The Kier molecular flexibility index (Phi) is 8.28. The SMILES string of the molecule is Cc1c(F)c(F)c(Oc2ccc([N+](=O)[O-])c(C(=O)OCCOC(=O)C(C)Cl)c2)c(Cl)c1F. The predicted octanol–water partition coefficient (Wildman–Crippen LogP) is 5.09. The van der Waals surface area contributed by atoms with Gasteiger partial charge in [0.25, 0.3) is 5.69 Å². The number of carbonyl (C=O) groups is 2. The molecule has 0 aliphatic carbocycles. The molecule has 0 saturated carbocycles. The van der Waals surface area contributed by atoms with Crippen molar-refractivity contribution in [3.63, 3.8) is 0 Å². The van der Waals surface area contributed by atoms with E-state index in [1.807, 2.05) is 0 Å². The molecule has 0 saturated heterocycles. The lowest BCUT2D eigenvalue weighted by Crippen LogP contribution is -2.19. The topological polar surface area (TPSA) is 105 Å². The Balaban J connectivity index is 2.28. The van der Waals surface area contributed by atoms with Gasteiger partial charge in [-0.2, -0.15) is 4.39 Å². The van der Waals surface area contributed by atoms with Gasteiger partial charge in [-0.3, -0.25) is 14.9 Å². The molecule has 2 aromatic carbocycles. The van der Waals surface area contributed by atoms with Crippen LogP contribution in [0.5, 0.6) is 11.5 Å². The summed E-state index contributed by atoms with van der Waals surface area (Å²) in [7, 11) is 0. The van der Waals surface area contributed by atoms with Crippen molar-refractivity contribution in [3.05, 3.63) is 61.9 Å². The van der Waals surface area contributed by atoms with Crippen molar-refractivity contribution >= 4 is 40.8 Å². The van der Waals surface area contributed by atoms with E-state index in [2.05, 4.69) is 0 Å². The number of ether oxygens (including phenoxy) is 3. The third-order valence-electron chi connectivity index (χ3n) is 3.93. The fourth-order valence-electron chi connectivity index (χ4n) is 2.30. The normalized spacial score (nSPS) is 11.6. The minimum Gasteiger partial charge on any atom is -0.461 e. The van der Waals surface area contributed by atoms with E-state index in [0.717, 1.165) is 25.1 Å². The van der Waals surface area contributed by atoms with Gasteiger partial charge in [0.05, 0.1) is 4.92 Å². The summed E-state index contributed by atoms with van der Waals surface area (Å²) >= 11 is 11.2. The van der Waals surface area contributed by atoms with E-state index in [0.29, 0.717) is 0 Å². The zero-order valence-electron chi connectivity index (χ0n) is 16.4. The number of nitrogens with zero attached hydrogens (tertiary/aromatic N) is 1. The van der Waals surface area contributed by atoms with Crippen LogP contribution in [-0.2, 0) is 14.3 Å². The number of benzene rings is 2. The van der Waals surface area contributed by atoms with Crippen LogP contribution in [0.2, 0.25) is 5.02 Å². The number of halogens is 5. The number of carbonyl (C=O) groups excluding carboxylic acids is 2. The summed E-state index contributed by atoms with van der Waals surface area (Å²) in [6.45, 7) is 1.51. The summed E-state index contributed by atoms with van der Waals surface area (Å²) in [4.78, 5) is 33.8. The minimum absolute atomic E-state index is 0.367. The van der Waals surface area contributed by atoms with Crippen LogP contribution in [0, 0.1) is 34.5 Å². The molecule has 0 bridgehead atoms. The zero-order valence-corrected chi connectivity index (χ0v) is 17.9. The van der Waals surface area contributed by atoms with E-state index in [4.69, 9.17) is 37.4 Å². The van der Waals surface area contributed by atoms with E-state index in [1.54, 1.807) is 0 Å². The molecule has 0 spiro atoms. The summed E-state index contributed by atoms with van der Waals surface area (Å²) in [6, 6.07) is 2.61. The standard InChI is InChI=1S/C19H14Cl2F3NO7/c1-8-14(22)13(21)17(16(24)15(8)23)32-10-3-4-12(25(28)29)11(7-10)19(27)31-6-5-30-18(26)9(2)20/h3-4,7,9H,5-6H2,1-2H3. The maximum absolute atomic E-state index is 14.2. The van der Waals surface area contributed by atoms with Gasteiger partial charge in [-0.05, 0) is 19.9 Å². The van der Waals surface area contributed by atoms with E-state index in [9.17, 15) is 32.9 Å². The first kappa shape index (κ1) is 25.2. The molecule has 0 aromatic heterocycles. The fourth-order valence-corrected chi connectivity index (χ4v) is 2.63. The van der Waals surface area contributed by atoms with Crippen LogP contribution in [0.25, 0.3) is 0 Å². The number of nitro groups is 1. The highest BCUT2D eigenvalue weighted by atomic mass is 35.5. The van der Waals surface area contributed by atoms with Gasteiger partial charge in [0.2, 0.25) is 5.82 Å². The first-order chi connectivity index (χ1) is 15.0.